The number of amides is 1. The molecule has 0 aliphatic heterocycles. The highest BCUT2D eigenvalue weighted by atomic mass is 16.5. The average molecular weight is 291 g/mol. The molecule has 1 aromatic rings. The minimum absolute atomic E-state index is 0.0420. The van der Waals surface area contributed by atoms with Crippen LogP contribution >= 0.6 is 0 Å². The van der Waals surface area contributed by atoms with Crippen LogP contribution in [0.25, 0.3) is 0 Å². The zero-order chi connectivity index (χ0) is 16.0. The lowest BCUT2D eigenvalue weighted by atomic mass is 10.0. The van der Waals surface area contributed by atoms with Crippen molar-refractivity contribution in [2.45, 2.75) is 46.6 Å². The maximum atomic E-state index is 11.8. The van der Waals surface area contributed by atoms with Gasteiger partial charge in [0.05, 0.1) is 6.04 Å². The zero-order valence-electron chi connectivity index (χ0n) is 13.5. The third-order valence-electron chi connectivity index (χ3n) is 3.34. The standard InChI is InChI=1S/C17H25NO3/c1-11(2)14-6-8-15(9-7-14)21-10-16(20)18-17(12(3)4)13(5)19/h6-9,11-12,17H,10H2,1-5H3,(H,18,20). The number of ketones is 1. The second-order valence-corrected chi connectivity index (χ2v) is 5.91. The van der Waals surface area contributed by atoms with Gasteiger partial charge in [-0.05, 0) is 36.5 Å². The van der Waals surface area contributed by atoms with Crippen molar-refractivity contribution in [1.29, 1.82) is 0 Å². The Hall–Kier alpha value is -1.84. The molecule has 1 atom stereocenters. The molecule has 1 unspecified atom stereocenters. The van der Waals surface area contributed by atoms with Crippen LogP contribution in [-0.4, -0.2) is 24.3 Å². The van der Waals surface area contributed by atoms with Gasteiger partial charge in [0.25, 0.3) is 5.91 Å². The molecular weight excluding hydrogens is 266 g/mol. The summed E-state index contributed by atoms with van der Waals surface area (Å²) in [5.74, 6) is 0.858. The minimum atomic E-state index is -0.454. The van der Waals surface area contributed by atoms with E-state index in [0.29, 0.717) is 11.7 Å². The van der Waals surface area contributed by atoms with Crippen molar-refractivity contribution >= 4 is 11.7 Å². The second kappa shape index (κ2) is 7.81. The van der Waals surface area contributed by atoms with E-state index in [1.807, 2.05) is 38.1 Å². The SMILES string of the molecule is CC(=O)C(NC(=O)COc1ccc(C(C)C)cc1)C(C)C. The van der Waals surface area contributed by atoms with Crippen LogP contribution in [0.4, 0.5) is 0 Å². The smallest absolute Gasteiger partial charge is 0.258 e. The summed E-state index contributed by atoms with van der Waals surface area (Å²) in [6, 6.07) is 7.24. The van der Waals surface area contributed by atoms with Gasteiger partial charge in [0.1, 0.15) is 5.75 Å². The Kier molecular flexibility index (Phi) is 6.40. The number of carbonyl (C=O) groups excluding carboxylic acids is 2. The van der Waals surface area contributed by atoms with Crippen molar-refractivity contribution in [1.82, 2.24) is 5.32 Å². The highest BCUT2D eigenvalue weighted by Gasteiger charge is 2.20. The highest BCUT2D eigenvalue weighted by Crippen LogP contribution is 2.18. The van der Waals surface area contributed by atoms with Crippen LogP contribution in [0.1, 0.15) is 46.1 Å². The van der Waals surface area contributed by atoms with Gasteiger partial charge in [0, 0.05) is 0 Å². The number of benzene rings is 1. The number of hydrogen-bond acceptors (Lipinski definition) is 3. The molecule has 0 aromatic heterocycles. The molecule has 0 heterocycles. The Labute approximate surface area is 126 Å². The molecule has 0 bridgehead atoms. The van der Waals surface area contributed by atoms with Crippen LogP contribution in [0.5, 0.6) is 5.75 Å². The molecule has 0 aliphatic carbocycles. The van der Waals surface area contributed by atoms with E-state index in [1.165, 1.54) is 12.5 Å². The lowest BCUT2D eigenvalue weighted by Gasteiger charge is -2.19. The van der Waals surface area contributed by atoms with Gasteiger partial charge in [-0.15, -0.1) is 0 Å². The summed E-state index contributed by atoms with van der Waals surface area (Å²) in [5, 5.41) is 2.70. The Morgan fingerprint density at radius 3 is 2.10 bits per heavy atom. The van der Waals surface area contributed by atoms with Crippen LogP contribution in [0.2, 0.25) is 0 Å². The van der Waals surface area contributed by atoms with Gasteiger partial charge < -0.3 is 10.1 Å². The number of Topliss-reactive ketones (excluding diaryl/α,β-unsaturated/α-hetero) is 1. The number of carbonyl (C=O) groups is 2. The van der Waals surface area contributed by atoms with Crippen molar-refractivity contribution in [3.05, 3.63) is 29.8 Å². The van der Waals surface area contributed by atoms with Gasteiger partial charge in [0.15, 0.2) is 12.4 Å². The molecule has 116 valence electrons. The number of hydrogen-bond donors (Lipinski definition) is 1. The first kappa shape index (κ1) is 17.2. The largest absolute Gasteiger partial charge is 0.484 e. The molecule has 1 amide bonds. The Bertz CT molecular complexity index is 477. The van der Waals surface area contributed by atoms with E-state index in [0.717, 1.165) is 0 Å². The van der Waals surface area contributed by atoms with Gasteiger partial charge in [-0.2, -0.15) is 0 Å². The predicted molar refractivity (Wildman–Crippen MR) is 83.5 cm³/mol. The minimum Gasteiger partial charge on any atom is -0.484 e. The van der Waals surface area contributed by atoms with Crippen LogP contribution in [-0.2, 0) is 9.59 Å². The molecule has 0 spiro atoms. The number of ether oxygens (including phenoxy) is 1. The van der Waals surface area contributed by atoms with Gasteiger partial charge >= 0.3 is 0 Å². The molecule has 1 aromatic carbocycles. The van der Waals surface area contributed by atoms with E-state index in [4.69, 9.17) is 4.74 Å². The fourth-order valence-corrected chi connectivity index (χ4v) is 2.05. The van der Waals surface area contributed by atoms with Crippen LogP contribution < -0.4 is 10.1 Å². The molecule has 21 heavy (non-hydrogen) atoms. The lowest BCUT2D eigenvalue weighted by molar-refractivity contribution is -0.129. The summed E-state index contributed by atoms with van der Waals surface area (Å²) in [6.45, 7) is 9.44. The Morgan fingerprint density at radius 2 is 1.67 bits per heavy atom. The summed E-state index contributed by atoms with van der Waals surface area (Å²) in [7, 11) is 0. The van der Waals surface area contributed by atoms with Crippen molar-refractivity contribution in [3.63, 3.8) is 0 Å². The van der Waals surface area contributed by atoms with Crippen molar-refractivity contribution in [3.8, 4) is 5.75 Å². The maximum absolute atomic E-state index is 11.8. The third kappa shape index (κ3) is 5.58. The second-order valence-electron chi connectivity index (χ2n) is 5.91. The molecule has 0 saturated carbocycles. The monoisotopic (exact) mass is 291 g/mol. The molecule has 0 fully saturated rings. The van der Waals surface area contributed by atoms with Crippen molar-refractivity contribution in [2.24, 2.45) is 5.92 Å². The van der Waals surface area contributed by atoms with E-state index in [9.17, 15) is 9.59 Å². The molecule has 4 nitrogen and oxygen atoms in total. The first-order chi connectivity index (χ1) is 9.81. The lowest BCUT2D eigenvalue weighted by Crippen LogP contribution is -2.45. The maximum Gasteiger partial charge on any atom is 0.258 e. The molecule has 1 rings (SSSR count). The quantitative estimate of drug-likeness (QED) is 0.840. The van der Waals surface area contributed by atoms with E-state index < -0.39 is 6.04 Å². The molecule has 4 heteroatoms. The van der Waals surface area contributed by atoms with Crippen LogP contribution in [0.15, 0.2) is 24.3 Å². The van der Waals surface area contributed by atoms with Gasteiger partial charge in [-0.3, -0.25) is 9.59 Å². The summed E-state index contributed by atoms with van der Waals surface area (Å²) < 4.78 is 5.44. The number of rotatable bonds is 7. The van der Waals surface area contributed by atoms with Crippen molar-refractivity contribution in [2.75, 3.05) is 6.61 Å². The fraction of sp³-hybridized carbons (Fsp3) is 0.529. The van der Waals surface area contributed by atoms with E-state index >= 15 is 0 Å². The molecular formula is C17H25NO3. The third-order valence-corrected chi connectivity index (χ3v) is 3.34. The summed E-state index contributed by atoms with van der Waals surface area (Å²) in [6.07, 6.45) is 0. The Balaban J connectivity index is 2.51. The van der Waals surface area contributed by atoms with Crippen LogP contribution in [0.3, 0.4) is 0 Å². The summed E-state index contributed by atoms with van der Waals surface area (Å²) >= 11 is 0. The van der Waals surface area contributed by atoms with Gasteiger partial charge in [0.2, 0.25) is 0 Å². The topological polar surface area (TPSA) is 55.4 Å². The van der Waals surface area contributed by atoms with E-state index in [2.05, 4.69) is 19.2 Å². The normalized spacial score (nSPS) is 12.3. The van der Waals surface area contributed by atoms with Gasteiger partial charge in [-0.25, -0.2) is 0 Å². The highest BCUT2D eigenvalue weighted by molar-refractivity contribution is 5.88. The first-order valence-corrected chi connectivity index (χ1v) is 7.33. The zero-order valence-corrected chi connectivity index (χ0v) is 13.5. The Morgan fingerprint density at radius 1 is 1.10 bits per heavy atom. The summed E-state index contributed by atoms with van der Waals surface area (Å²) in [5.41, 5.74) is 1.23. The molecule has 0 aliphatic rings. The average Bonchev–Trinajstić information content (AvgIpc) is 2.42. The van der Waals surface area contributed by atoms with E-state index in [-0.39, 0.29) is 24.2 Å². The van der Waals surface area contributed by atoms with Gasteiger partial charge in [-0.1, -0.05) is 39.8 Å². The summed E-state index contributed by atoms with van der Waals surface area (Å²) in [4.78, 5) is 23.3. The fourth-order valence-electron chi connectivity index (χ4n) is 2.05. The molecule has 0 saturated heterocycles. The van der Waals surface area contributed by atoms with Crippen LogP contribution in [0, 0.1) is 5.92 Å². The van der Waals surface area contributed by atoms with E-state index in [1.54, 1.807) is 0 Å². The van der Waals surface area contributed by atoms with Crippen molar-refractivity contribution < 1.29 is 14.3 Å². The predicted octanol–water partition coefficient (Wildman–Crippen LogP) is 2.92. The number of nitrogens with one attached hydrogen (secondary N) is 1. The molecule has 1 N–H and O–H groups in total. The molecule has 0 radical (unpaired) electrons. The first-order valence-electron chi connectivity index (χ1n) is 7.33.